The standard InChI is InChI=1S/C16H22BrNO2/c1-11-6-8-16(20,9-7-11)10-18-15(19)13-5-3-4-12(2)14(13)17/h3-5,11,20H,6-10H2,1-2H3,(H,18,19). The Labute approximate surface area is 128 Å². The molecule has 0 bridgehead atoms. The van der Waals surface area contributed by atoms with Gasteiger partial charge in [-0.2, -0.15) is 0 Å². The molecule has 1 aromatic rings. The van der Waals surface area contributed by atoms with E-state index < -0.39 is 5.60 Å². The second-order valence-corrected chi connectivity index (χ2v) is 6.82. The summed E-state index contributed by atoms with van der Waals surface area (Å²) in [4.78, 5) is 12.2. The fourth-order valence-corrected chi connectivity index (χ4v) is 3.08. The number of aliphatic hydroxyl groups is 1. The zero-order chi connectivity index (χ0) is 14.8. The minimum absolute atomic E-state index is 0.132. The van der Waals surface area contributed by atoms with E-state index in [0.717, 1.165) is 35.7 Å². The number of benzene rings is 1. The molecule has 1 saturated carbocycles. The molecule has 2 rings (SSSR count). The van der Waals surface area contributed by atoms with E-state index in [1.807, 2.05) is 19.1 Å². The van der Waals surface area contributed by atoms with E-state index in [1.165, 1.54) is 0 Å². The fraction of sp³-hybridized carbons (Fsp3) is 0.562. The molecule has 3 nitrogen and oxygen atoms in total. The van der Waals surface area contributed by atoms with E-state index in [9.17, 15) is 9.90 Å². The number of halogens is 1. The topological polar surface area (TPSA) is 49.3 Å². The zero-order valence-electron chi connectivity index (χ0n) is 12.1. The molecule has 0 unspecified atom stereocenters. The molecule has 0 atom stereocenters. The normalized spacial score (nSPS) is 26.3. The number of rotatable bonds is 3. The summed E-state index contributed by atoms with van der Waals surface area (Å²) >= 11 is 3.44. The van der Waals surface area contributed by atoms with Crippen LogP contribution in [0.2, 0.25) is 0 Å². The molecule has 0 saturated heterocycles. The summed E-state index contributed by atoms with van der Waals surface area (Å²) < 4.78 is 0.821. The van der Waals surface area contributed by atoms with Crippen LogP contribution in [0.15, 0.2) is 22.7 Å². The van der Waals surface area contributed by atoms with Crippen molar-refractivity contribution in [1.29, 1.82) is 0 Å². The van der Waals surface area contributed by atoms with Crippen molar-refractivity contribution < 1.29 is 9.90 Å². The SMILES string of the molecule is Cc1cccc(C(=O)NCC2(O)CCC(C)CC2)c1Br. The molecule has 0 aliphatic heterocycles. The minimum Gasteiger partial charge on any atom is -0.388 e. The van der Waals surface area contributed by atoms with Crippen molar-refractivity contribution >= 4 is 21.8 Å². The van der Waals surface area contributed by atoms with Crippen LogP contribution >= 0.6 is 15.9 Å². The molecule has 0 radical (unpaired) electrons. The number of nitrogens with one attached hydrogen (secondary N) is 1. The molecule has 1 aliphatic carbocycles. The molecule has 0 spiro atoms. The Morgan fingerprint density at radius 3 is 2.75 bits per heavy atom. The van der Waals surface area contributed by atoms with Gasteiger partial charge in [-0.05, 0) is 66.1 Å². The van der Waals surface area contributed by atoms with Crippen LogP contribution in [0.5, 0.6) is 0 Å². The van der Waals surface area contributed by atoms with Crippen molar-refractivity contribution in [3.63, 3.8) is 0 Å². The molecule has 20 heavy (non-hydrogen) atoms. The number of hydrogen-bond acceptors (Lipinski definition) is 2. The van der Waals surface area contributed by atoms with Gasteiger partial charge >= 0.3 is 0 Å². The van der Waals surface area contributed by atoms with Gasteiger partial charge in [0.05, 0.1) is 11.2 Å². The highest BCUT2D eigenvalue weighted by Gasteiger charge is 2.32. The van der Waals surface area contributed by atoms with Gasteiger partial charge in [-0.15, -0.1) is 0 Å². The summed E-state index contributed by atoms with van der Waals surface area (Å²) in [5.74, 6) is 0.546. The quantitative estimate of drug-likeness (QED) is 0.886. The first-order chi connectivity index (χ1) is 9.41. The number of hydrogen-bond donors (Lipinski definition) is 2. The lowest BCUT2D eigenvalue weighted by atomic mass is 9.79. The Kier molecular flexibility index (Phi) is 4.86. The van der Waals surface area contributed by atoms with Gasteiger partial charge in [0.15, 0.2) is 0 Å². The second-order valence-electron chi connectivity index (χ2n) is 6.03. The number of aryl methyl sites for hydroxylation is 1. The third-order valence-electron chi connectivity index (χ3n) is 4.22. The minimum atomic E-state index is -0.738. The maximum Gasteiger partial charge on any atom is 0.252 e. The van der Waals surface area contributed by atoms with Gasteiger partial charge in [-0.1, -0.05) is 19.1 Å². The van der Waals surface area contributed by atoms with Crippen molar-refractivity contribution in [3.05, 3.63) is 33.8 Å². The lowest BCUT2D eigenvalue weighted by Gasteiger charge is -2.35. The third kappa shape index (κ3) is 3.61. The molecule has 110 valence electrons. The first-order valence-corrected chi connectivity index (χ1v) is 7.96. The molecule has 0 aromatic heterocycles. The van der Waals surface area contributed by atoms with E-state index in [-0.39, 0.29) is 5.91 Å². The van der Waals surface area contributed by atoms with Crippen molar-refractivity contribution in [1.82, 2.24) is 5.32 Å². The van der Waals surface area contributed by atoms with Crippen molar-refractivity contribution in [2.24, 2.45) is 5.92 Å². The number of carbonyl (C=O) groups excluding carboxylic acids is 1. The maximum absolute atomic E-state index is 12.2. The summed E-state index contributed by atoms with van der Waals surface area (Å²) in [7, 11) is 0. The van der Waals surface area contributed by atoms with Crippen LogP contribution in [0.4, 0.5) is 0 Å². The van der Waals surface area contributed by atoms with E-state index in [4.69, 9.17) is 0 Å². The zero-order valence-corrected chi connectivity index (χ0v) is 13.7. The highest BCUT2D eigenvalue weighted by Crippen LogP contribution is 2.31. The maximum atomic E-state index is 12.2. The molecule has 2 N–H and O–H groups in total. The predicted molar refractivity (Wildman–Crippen MR) is 83.8 cm³/mol. The molecule has 0 heterocycles. The van der Waals surface area contributed by atoms with E-state index >= 15 is 0 Å². The van der Waals surface area contributed by atoms with Gasteiger partial charge in [0.2, 0.25) is 0 Å². The molecule has 1 fully saturated rings. The number of amides is 1. The Morgan fingerprint density at radius 2 is 2.10 bits per heavy atom. The fourth-order valence-electron chi connectivity index (χ4n) is 2.64. The van der Waals surface area contributed by atoms with Crippen LogP contribution in [-0.2, 0) is 0 Å². The van der Waals surface area contributed by atoms with Crippen molar-refractivity contribution in [2.75, 3.05) is 6.54 Å². The highest BCUT2D eigenvalue weighted by atomic mass is 79.9. The van der Waals surface area contributed by atoms with E-state index in [1.54, 1.807) is 6.07 Å². The van der Waals surface area contributed by atoms with Crippen LogP contribution < -0.4 is 5.32 Å². The monoisotopic (exact) mass is 339 g/mol. The van der Waals surface area contributed by atoms with Crippen LogP contribution in [0.1, 0.15) is 48.5 Å². The van der Waals surface area contributed by atoms with Gasteiger partial charge in [-0.25, -0.2) is 0 Å². The highest BCUT2D eigenvalue weighted by molar-refractivity contribution is 9.10. The first kappa shape index (κ1) is 15.5. The predicted octanol–water partition coefficient (Wildman–Crippen LogP) is 3.43. The molecular formula is C16H22BrNO2. The van der Waals surface area contributed by atoms with E-state index in [0.29, 0.717) is 18.0 Å². The summed E-state index contributed by atoms with van der Waals surface area (Å²) in [6.07, 6.45) is 3.59. The van der Waals surface area contributed by atoms with Crippen LogP contribution in [0, 0.1) is 12.8 Å². The lowest BCUT2D eigenvalue weighted by molar-refractivity contribution is -0.00540. The van der Waals surface area contributed by atoms with Gasteiger partial charge < -0.3 is 10.4 Å². The van der Waals surface area contributed by atoms with Crippen LogP contribution in [0.25, 0.3) is 0 Å². The molecule has 1 aliphatic rings. The smallest absolute Gasteiger partial charge is 0.252 e. The average Bonchev–Trinajstić information content (AvgIpc) is 2.43. The van der Waals surface area contributed by atoms with Gasteiger partial charge in [0.1, 0.15) is 0 Å². The first-order valence-electron chi connectivity index (χ1n) is 7.17. The molecule has 4 heteroatoms. The molecule has 1 amide bonds. The Balaban J connectivity index is 1.97. The molecule has 1 aromatic carbocycles. The van der Waals surface area contributed by atoms with Crippen LogP contribution in [0.3, 0.4) is 0 Å². The van der Waals surface area contributed by atoms with Crippen molar-refractivity contribution in [3.8, 4) is 0 Å². The van der Waals surface area contributed by atoms with Crippen LogP contribution in [-0.4, -0.2) is 23.2 Å². The Bertz CT molecular complexity index is 493. The summed E-state index contributed by atoms with van der Waals surface area (Å²) in [5, 5.41) is 13.4. The molecular weight excluding hydrogens is 318 g/mol. The van der Waals surface area contributed by atoms with Crippen molar-refractivity contribution in [2.45, 2.75) is 45.1 Å². The Hall–Kier alpha value is -0.870. The largest absolute Gasteiger partial charge is 0.388 e. The average molecular weight is 340 g/mol. The van der Waals surface area contributed by atoms with E-state index in [2.05, 4.69) is 28.2 Å². The second kappa shape index (κ2) is 6.27. The van der Waals surface area contributed by atoms with Gasteiger partial charge in [-0.3, -0.25) is 4.79 Å². The third-order valence-corrected chi connectivity index (χ3v) is 5.27. The van der Waals surface area contributed by atoms with Gasteiger partial charge in [0.25, 0.3) is 5.91 Å². The van der Waals surface area contributed by atoms with Gasteiger partial charge in [0, 0.05) is 11.0 Å². The summed E-state index contributed by atoms with van der Waals surface area (Å²) in [6.45, 7) is 4.50. The Morgan fingerprint density at radius 1 is 1.45 bits per heavy atom. The summed E-state index contributed by atoms with van der Waals surface area (Å²) in [6, 6.07) is 5.61. The number of carbonyl (C=O) groups is 1. The summed E-state index contributed by atoms with van der Waals surface area (Å²) in [5.41, 5.74) is 0.916. The lowest BCUT2D eigenvalue weighted by Crippen LogP contribution is -2.45.